The van der Waals surface area contributed by atoms with Gasteiger partial charge in [0.25, 0.3) is 5.91 Å². The molecule has 1 aliphatic rings. The first-order valence-electron chi connectivity index (χ1n) is 11.2. The van der Waals surface area contributed by atoms with E-state index in [9.17, 15) is 14.0 Å². The van der Waals surface area contributed by atoms with Crippen molar-refractivity contribution in [2.24, 2.45) is 5.92 Å². The molecule has 3 heterocycles. The molecule has 172 valence electrons. The highest BCUT2D eigenvalue weighted by Crippen LogP contribution is 2.25. The van der Waals surface area contributed by atoms with Crippen LogP contribution in [0.2, 0.25) is 0 Å². The standard InChI is InChI=1S/C26H24FN5O2/c27-20-7-6-8-21(17-20)29-24(33)19-11-15-31(16-12-19)26(34)23-18-28-32(22-9-2-1-3-10-22)25(23)30-13-4-5-14-30/h1-10,13-14,17-19H,11-12,15-16H2,(H,29,33). The summed E-state index contributed by atoms with van der Waals surface area (Å²) in [6.45, 7) is 0.920. The Balaban J connectivity index is 1.31. The van der Waals surface area contributed by atoms with E-state index in [1.165, 1.54) is 12.1 Å². The first-order chi connectivity index (χ1) is 16.6. The monoisotopic (exact) mass is 457 g/mol. The number of nitrogens with one attached hydrogen (secondary N) is 1. The fourth-order valence-corrected chi connectivity index (χ4v) is 4.30. The number of nitrogens with zero attached hydrogens (tertiary/aromatic N) is 4. The molecule has 0 saturated carbocycles. The van der Waals surface area contributed by atoms with Crippen molar-refractivity contribution in [3.63, 3.8) is 0 Å². The van der Waals surface area contributed by atoms with Gasteiger partial charge in [-0.2, -0.15) is 5.10 Å². The van der Waals surface area contributed by atoms with E-state index >= 15 is 0 Å². The summed E-state index contributed by atoms with van der Waals surface area (Å²) in [6.07, 6.45) is 6.46. The van der Waals surface area contributed by atoms with Crippen molar-refractivity contribution in [1.82, 2.24) is 19.2 Å². The number of aromatic nitrogens is 3. The molecule has 0 bridgehead atoms. The fourth-order valence-electron chi connectivity index (χ4n) is 4.30. The third-order valence-corrected chi connectivity index (χ3v) is 6.07. The molecular formula is C26H24FN5O2. The van der Waals surface area contributed by atoms with E-state index in [-0.39, 0.29) is 17.7 Å². The number of hydrogen-bond acceptors (Lipinski definition) is 3. The number of hydrogen-bond donors (Lipinski definition) is 1. The van der Waals surface area contributed by atoms with E-state index in [1.807, 2.05) is 59.4 Å². The summed E-state index contributed by atoms with van der Waals surface area (Å²) < 4.78 is 17.0. The maximum atomic E-state index is 13.5. The lowest BCUT2D eigenvalue weighted by Gasteiger charge is -2.31. The topological polar surface area (TPSA) is 72.2 Å². The van der Waals surface area contributed by atoms with Crippen molar-refractivity contribution in [3.05, 3.63) is 96.7 Å². The zero-order valence-electron chi connectivity index (χ0n) is 18.5. The quantitative estimate of drug-likeness (QED) is 0.486. The van der Waals surface area contributed by atoms with E-state index in [0.29, 0.717) is 43.0 Å². The Morgan fingerprint density at radius 3 is 2.38 bits per heavy atom. The molecule has 2 aromatic carbocycles. The van der Waals surface area contributed by atoms with Crippen LogP contribution in [-0.2, 0) is 4.79 Å². The molecular weight excluding hydrogens is 433 g/mol. The maximum absolute atomic E-state index is 13.5. The summed E-state index contributed by atoms with van der Waals surface area (Å²) in [7, 11) is 0. The highest BCUT2D eigenvalue weighted by atomic mass is 19.1. The number of carbonyl (C=O) groups is 2. The second-order valence-corrected chi connectivity index (χ2v) is 8.29. The molecule has 0 atom stereocenters. The van der Waals surface area contributed by atoms with E-state index in [4.69, 9.17) is 0 Å². The predicted octanol–water partition coefficient (Wildman–Crippen LogP) is 4.29. The lowest BCUT2D eigenvalue weighted by Crippen LogP contribution is -2.41. The third-order valence-electron chi connectivity index (χ3n) is 6.07. The van der Waals surface area contributed by atoms with Crippen LogP contribution in [0.15, 0.2) is 85.3 Å². The van der Waals surface area contributed by atoms with Gasteiger partial charge in [-0.1, -0.05) is 24.3 Å². The number of carbonyl (C=O) groups excluding carboxylic acids is 2. The van der Waals surface area contributed by atoms with Crippen molar-refractivity contribution in [1.29, 1.82) is 0 Å². The number of likely N-dealkylation sites (tertiary alicyclic amines) is 1. The molecule has 1 aliphatic heterocycles. The third kappa shape index (κ3) is 4.34. The summed E-state index contributed by atoms with van der Waals surface area (Å²) >= 11 is 0. The smallest absolute Gasteiger partial charge is 0.259 e. The zero-order chi connectivity index (χ0) is 23.5. The molecule has 1 saturated heterocycles. The zero-order valence-corrected chi connectivity index (χ0v) is 18.5. The highest BCUT2D eigenvalue weighted by molar-refractivity contribution is 5.98. The van der Waals surface area contributed by atoms with E-state index in [2.05, 4.69) is 10.4 Å². The lowest BCUT2D eigenvalue weighted by atomic mass is 9.95. The number of piperidine rings is 1. The van der Waals surface area contributed by atoms with Crippen LogP contribution >= 0.6 is 0 Å². The fraction of sp³-hybridized carbons (Fsp3) is 0.192. The second-order valence-electron chi connectivity index (χ2n) is 8.29. The van der Waals surface area contributed by atoms with Crippen LogP contribution in [0.1, 0.15) is 23.2 Å². The van der Waals surface area contributed by atoms with Crippen LogP contribution in [-0.4, -0.2) is 44.2 Å². The summed E-state index contributed by atoms with van der Waals surface area (Å²) in [5.41, 5.74) is 1.80. The molecule has 0 unspecified atom stereocenters. The minimum absolute atomic E-state index is 0.116. The van der Waals surface area contributed by atoms with Crippen molar-refractivity contribution >= 4 is 17.5 Å². The molecule has 5 rings (SSSR count). The number of rotatable bonds is 5. The molecule has 0 aliphatic carbocycles. The van der Waals surface area contributed by atoms with Gasteiger partial charge < -0.3 is 14.8 Å². The number of anilines is 1. The lowest BCUT2D eigenvalue weighted by molar-refractivity contribution is -0.121. The van der Waals surface area contributed by atoms with Gasteiger partial charge in [-0.05, 0) is 55.3 Å². The van der Waals surface area contributed by atoms with Crippen molar-refractivity contribution < 1.29 is 14.0 Å². The average Bonchev–Trinajstić information content (AvgIpc) is 3.54. The Hall–Kier alpha value is -4.20. The van der Waals surface area contributed by atoms with Gasteiger partial charge in [-0.15, -0.1) is 0 Å². The van der Waals surface area contributed by atoms with Gasteiger partial charge in [0.05, 0.1) is 11.9 Å². The number of para-hydroxylation sites is 1. The van der Waals surface area contributed by atoms with Gasteiger partial charge in [0.1, 0.15) is 11.4 Å². The molecule has 7 nitrogen and oxygen atoms in total. The van der Waals surface area contributed by atoms with Gasteiger partial charge >= 0.3 is 0 Å². The molecule has 1 N–H and O–H groups in total. The Morgan fingerprint density at radius 1 is 0.941 bits per heavy atom. The maximum Gasteiger partial charge on any atom is 0.259 e. The van der Waals surface area contributed by atoms with Gasteiger partial charge in [0, 0.05) is 37.1 Å². The van der Waals surface area contributed by atoms with Crippen LogP contribution in [0.3, 0.4) is 0 Å². The minimum atomic E-state index is -0.396. The molecule has 1 fully saturated rings. The second kappa shape index (κ2) is 9.35. The van der Waals surface area contributed by atoms with Crippen LogP contribution in [0.25, 0.3) is 11.5 Å². The summed E-state index contributed by atoms with van der Waals surface area (Å²) in [6, 6.07) is 19.3. The van der Waals surface area contributed by atoms with Crippen LogP contribution in [0, 0.1) is 11.7 Å². The molecule has 4 aromatic rings. The summed E-state index contributed by atoms with van der Waals surface area (Å²) in [5.74, 6) is -0.222. The minimum Gasteiger partial charge on any atom is -0.338 e. The van der Waals surface area contributed by atoms with Crippen molar-refractivity contribution in [3.8, 4) is 11.5 Å². The van der Waals surface area contributed by atoms with Gasteiger partial charge in [-0.25, -0.2) is 9.07 Å². The average molecular weight is 458 g/mol. The molecule has 2 amide bonds. The number of halogens is 1. The number of benzene rings is 2. The van der Waals surface area contributed by atoms with E-state index in [0.717, 1.165) is 5.69 Å². The number of amides is 2. The van der Waals surface area contributed by atoms with E-state index < -0.39 is 5.82 Å². The Bertz CT molecular complexity index is 1290. The molecule has 0 spiro atoms. The van der Waals surface area contributed by atoms with Crippen molar-refractivity contribution in [2.45, 2.75) is 12.8 Å². The van der Waals surface area contributed by atoms with Gasteiger partial charge in [-0.3, -0.25) is 9.59 Å². The predicted molar refractivity (Wildman–Crippen MR) is 127 cm³/mol. The Morgan fingerprint density at radius 2 is 1.68 bits per heavy atom. The highest BCUT2D eigenvalue weighted by Gasteiger charge is 2.30. The normalized spacial score (nSPS) is 14.2. The van der Waals surface area contributed by atoms with Crippen LogP contribution < -0.4 is 5.32 Å². The molecule has 34 heavy (non-hydrogen) atoms. The Labute approximate surface area is 196 Å². The SMILES string of the molecule is O=C(Nc1cccc(F)c1)C1CCN(C(=O)c2cnn(-c3ccccc3)c2-n2cccc2)CC1. The first-order valence-corrected chi connectivity index (χ1v) is 11.2. The Kier molecular flexibility index (Phi) is 5.95. The molecule has 2 aromatic heterocycles. The molecule has 8 heteroatoms. The van der Waals surface area contributed by atoms with Gasteiger partial charge in [0.2, 0.25) is 5.91 Å². The van der Waals surface area contributed by atoms with Crippen molar-refractivity contribution in [2.75, 3.05) is 18.4 Å². The van der Waals surface area contributed by atoms with Crippen LogP contribution in [0.4, 0.5) is 10.1 Å². The van der Waals surface area contributed by atoms with Crippen LogP contribution in [0.5, 0.6) is 0 Å². The summed E-state index contributed by atoms with van der Waals surface area (Å²) in [4.78, 5) is 27.9. The van der Waals surface area contributed by atoms with E-state index in [1.54, 1.807) is 27.9 Å². The van der Waals surface area contributed by atoms with Gasteiger partial charge in [0.15, 0.2) is 5.82 Å². The first kappa shape index (κ1) is 21.6. The largest absolute Gasteiger partial charge is 0.338 e. The summed E-state index contributed by atoms with van der Waals surface area (Å²) in [5, 5.41) is 7.29. The molecule has 0 radical (unpaired) electrons.